The van der Waals surface area contributed by atoms with Crippen molar-refractivity contribution >= 4 is 5.97 Å². The minimum atomic E-state index is -0.558. The molecular formula is C9H16O4. The molecule has 0 unspecified atom stereocenters. The molecule has 0 amide bonds. The fraction of sp³-hybridized carbons (Fsp3) is 0.889. The van der Waals surface area contributed by atoms with Crippen LogP contribution >= 0.6 is 0 Å². The Balaban J connectivity index is 2.28. The molecule has 0 aromatic carbocycles. The first kappa shape index (κ1) is 10.5. The van der Waals surface area contributed by atoms with Crippen LogP contribution < -0.4 is 0 Å². The molecule has 1 fully saturated rings. The zero-order chi connectivity index (χ0) is 9.90. The van der Waals surface area contributed by atoms with E-state index < -0.39 is 5.79 Å². The van der Waals surface area contributed by atoms with E-state index in [-0.39, 0.29) is 18.5 Å². The Morgan fingerprint density at radius 1 is 1.62 bits per heavy atom. The molecule has 4 nitrogen and oxygen atoms in total. The Bertz CT molecular complexity index is 188. The van der Waals surface area contributed by atoms with Crippen molar-refractivity contribution in [3.05, 3.63) is 0 Å². The Morgan fingerprint density at radius 2 is 2.31 bits per heavy atom. The van der Waals surface area contributed by atoms with Gasteiger partial charge in [0.05, 0.1) is 25.7 Å². The number of hydrogen-bond acceptors (Lipinski definition) is 4. The van der Waals surface area contributed by atoms with Gasteiger partial charge >= 0.3 is 5.97 Å². The molecule has 1 atom stereocenters. The molecule has 0 aromatic heterocycles. The highest BCUT2D eigenvalue weighted by atomic mass is 16.7. The van der Waals surface area contributed by atoms with E-state index in [1.807, 2.05) is 13.8 Å². The van der Waals surface area contributed by atoms with Crippen molar-refractivity contribution in [2.24, 2.45) is 0 Å². The van der Waals surface area contributed by atoms with Gasteiger partial charge in [-0.1, -0.05) is 0 Å². The fourth-order valence-electron chi connectivity index (χ4n) is 1.27. The first-order chi connectivity index (χ1) is 6.03. The summed E-state index contributed by atoms with van der Waals surface area (Å²) in [5.41, 5.74) is 0. The second-order valence-electron chi connectivity index (χ2n) is 3.46. The molecule has 0 N–H and O–H groups in total. The summed E-state index contributed by atoms with van der Waals surface area (Å²) in [7, 11) is 0. The lowest BCUT2D eigenvalue weighted by Gasteiger charge is -2.16. The van der Waals surface area contributed by atoms with E-state index in [2.05, 4.69) is 0 Å². The maximum Gasteiger partial charge on any atom is 0.308 e. The van der Waals surface area contributed by atoms with Crippen molar-refractivity contribution in [2.75, 3.05) is 13.2 Å². The summed E-state index contributed by atoms with van der Waals surface area (Å²) in [6.45, 7) is 6.33. The third kappa shape index (κ3) is 3.32. The van der Waals surface area contributed by atoms with E-state index in [1.165, 1.54) is 0 Å². The SMILES string of the molecule is CCOC(=O)C[C@@H]1COC(C)(C)O1. The Kier molecular flexibility index (Phi) is 3.27. The van der Waals surface area contributed by atoms with Crippen LogP contribution in [-0.2, 0) is 19.0 Å². The third-order valence-corrected chi connectivity index (χ3v) is 1.77. The number of hydrogen-bond donors (Lipinski definition) is 0. The molecule has 1 heterocycles. The van der Waals surface area contributed by atoms with E-state index >= 15 is 0 Å². The van der Waals surface area contributed by atoms with E-state index in [0.29, 0.717) is 13.2 Å². The summed E-state index contributed by atoms with van der Waals surface area (Å²) in [5.74, 6) is -0.786. The summed E-state index contributed by atoms with van der Waals surface area (Å²) in [5, 5.41) is 0. The molecule has 0 radical (unpaired) electrons. The van der Waals surface area contributed by atoms with Gasteiger partial charge in [0.15, 0.2) is 5.79 Å². The second-order valence-corrected chi connectivity index (χ2v) is 3.46. The van der Waals surface area contributed by atoms with Gasteiger partial charge in [0.2, 0.25) is 0 Å². The highest BCUT2D eigenvalue weighted by Gasteiger charge is 2.33. The first-order valence-electron chi connectivity index (χ1n) is 4.51. The summed E-state index contributed by atoms with van der Waals surface area (Å²) in [6.07, 6.45) is 0.117. The molecule has 0 saturated carbocycles. The van der Waals surface area contributed by atoms with Crippen LogP contribution in [0.25, 0.3) is 0 Å². The molecule has 1 aliphatic rings. The van der Waals surface area contributed by atoms with E-state index in [9.17, 15) is 4.79 Å². The lowest BCUT2D eigenvalue weighted by atomic mass is 10.3. The van der Waals surface area contributed by atoms with Crippen LogP contribution in [0.2, 0.25) is 0 Å². The van der Waals surface area contributed by atoms with Crippen molar-refractivity contribution in [1.82, 2.24) is 0 Å². The standard InChI is InChI=1S/C9H16O4/c1-4-11-8(10)5-7-6-12-9(2,3)13-7/h7H,4-6H2,1-3H3/t7-/m1/s1. The van der Waals surface area contributed by atoms with Gasteiger partial charge in [0.25, 0.3) is 0 Å². The first-order valence-corrected chi connectivity index (χ1v) is 4.51. The van der Waals surface area contributed by atoms with Crippen LogP contribution in [0, 0.1) is 0 Å². The van der Waals surface area contributed by atoms with Gasteiger partial charge in [-0.2, -0.15) is 0 Å². The second kappa shape index (κ2) is 4.07. The minimum Gasteiger partial charge on any atom is -0.466 e. The maximum atomic E-state index is 11.1. The predicted molar refractivity (Wildman–Crippen MR) is 46.2 cm³/mol. The van der Waals surface area contributed by atoms with Crippen molar-refractivity contribution in [3.63, 3.8) is 0 Å². The van der Waals surface area contributed by atoms with Gasteiger partial charge in [0, 0.05) is 0 Å². The third-order valence-electron chi connectivity index (χ3n) is 1.77. The van der Waals surface area contributed by atoms with Crippen LogP contribution in [0.4, 0.5) is 0 Å². The number of esters is 1. The summed E-state index contributed by atoms with van der Waals surface area (Å²) in [4.78, 5) is 11.1. The number of ether oxygens (including phenoxy) is 3. The monoisotopic (exact) mass is 188 g/mol. The molecular weight excluding hydrogens is 172 g/mol. The molecule has 0 spiro atoms. The van der Waals surface area contributed by atoms with Crippen molar-refractivity contribution in [1.29, 1.82) is 0 Å². The predicted octanol–water partition coefficient (Wildman–Crippen LogP) is 1.09. The van der Waals surface area contributed by atoms with Crippen molar-refractivity contribution in [3.8, 4) is 0 Å². The highest BCUT2D eigenvalue weighted by Crippen LogP contribution is 2.24. The average Bonchev–Trinajstić information content (AvgIpc) is 2.30. The normalized spacial score (nSPS) is 25.9. The quantitative estimate of drug-likeness (QED) is 0.622. The van der Waals surface area contributed by atoms with Crippen LogP contribution in [0.3, 0.4) is 0 Å². The van der Waals surface area contributed by atoms with E-state index in [0.717, 1.165) is 0 Å². The van der Waals surface area contributed by atoms with Gasteiger partial charge in [0.1, 0.15) is 0 Å². The molecule has 4 heteroatoms. The number of rotatable bonds is 3. The van der Waals surface area contributed by atoms with Crippen LogP contribution in [-0.4, -0.2) is 31.1 Å². The van der Waals surface area contributed by atoms with Crippen molar-refractivity contribution < 1.29 is 19.0 Å². The zero-order valence-electron chi connectivity index (χ0n) is 8.33. The summed E-state index contributed by atoms with van der Waals surface area (Å²) < 4.78 is 15.5. The van der Waals surface area contributed by atoms with Gasteiger partial charge in [-0.25, -0.2) is 0 Å². The number of carbonyl (C=O) groups is 1. The lowest BCUT2D eigenvalue weighted by molar-refractivity contribution is -0.153. The van der Waals surface area contributed by atoms with Gasteiger partial charge in [-0.3, -0.25) is 4.79 Å². The van der Waals surface area contributed by atoms with Crippen LogP contribution in [0.15, 0.2) is 0 Å². The minimum absolute atomic E-state index is 0.158. The average molecular weight is 188 g/mol. The van der Waals surface area contributed by atoms with E-state index in [4.69, 9.17) is 14.2 Å². The molecule has 1 aliphatic heterocycles. The topological polar surface area (TPSA) is 44.8 Å². The Hall–Kier alpha value is -0.610. The largest absolute Gasteiger partial charge is 0.466 e. The molecule has 0 aliphatic carbocycles. The Morgan fingerprint density at radius 3 is 2.77 bits per heavy atom. The maximum absolute atomic E-state index is 11.1. The lowest BCUT2D eigenvalue weighted by Crippen LogP contribution is -2.23. The molecule has 13 heavy (non-hydrogen) atoms. The van der Waals surface area contributed by atoms with Gasteiger partial charge < -0.3 is 14.2 Å². The summed E-state index contributed by atoms with van der Waals surface area (Å²) >= 11 is 0. The van der Waals surface area contributed by atoms with Crippen LogP contribution in [0.1, 0.15) is 27.2 Å². The van der Waals surface area contributed by atoms with E-state index in [1.54, 1.807) is 6.92 Å². The fourth-order valence-corrected chi connectivity index (χ4v) is 1.27. The van der Waals surface area contributed by atoms with Crippen molar-refractivity contribution in [2.45, 2.75) is 39.1 Å². The highest BCUT2D eigenvalue weighted by molar-refractivity contribution is 5.69. The zero-order valence-corrected chi connectivity index (χ0v) is 8.33. The molecule has 0 bridgehead atoms. The smallest absolute Gasteiger partial charge is 0.308 e. The summed E-state index contributed by atoms with van der Waals surface area (Å²) in [6, 6.07) is 0. The van der Waals surface area contributed by atoms with Gasteiger partial charge in [-0.05, 0) is 20.8 Å². The molecule has 0 aromatic rings. The van der Waals surface area contributed by atoms with Crippen LogP contribution in [0.5, 0.6) is 0 Å². The molecule has 1 rings (SSSR count). The number of carbonyl (C=O) groups excluding carboxylic acids is 1. The molecule has 76 valence electrons. The Labute approximate surface area is 78.2 Å². The molecule has 1 saturated heterocycles. The van der Waals surface area contributed by atoms with Gasteiger partial charge in [-0.15, -0.1) is 0 Å².